The fourth-order valence-electron chi connectivity index (χ4n) is 4.61. The van der Waals surface area contributed by atoms with Gasteiger partial charge in [0.1, 0.15) is 5.69 Å². The maximum atomic E-state index is 13.8. The first kappa shape index (κ1) is 28.5. The van der Waals surface area contributed by atoms with Crippen molar-refractivity contribution in [3.05, 3.63) is 53.2 Å². The number of carbonyl (C=O) groups excluding carboxylic acids is 2. The summed E-state index contributed by atoms with van der Waals surface area (Å²) >= 11 is 0. The highest BCUT2D eigenvalue weighted by Crippen LogP contribution is 2.40. The normalized spacial score (nSPS) is 15.1. The molecule has 0 atom stereocenters. The van der Waals surface area contributed by atoms with Crippen LogP contribution in [0.15, 0.2) is 36.4 Å². The number of ether oxygens (including phenoxy) is 2. The number of alkyl halides is 2. The summed E-state index contributed by atoms with van der Waals surface area (Å²) in [5.41, 5.74) is 1.69. The van der Waals surface area contributed by atoms with Gasteiger partial charge in [-0.15, -0.1) is 0 Å². The van der Waals surface area contributed by atoms with Gasteiger partial charge in [-0.25, -0.2) is 4.98 Å². The summed E-state index contributed by atoms with van der Waals surface area (Å²) < 4.78 is 35.6. The van der Waals surface area contributed by atoms with E-state index in [0.29, 0.717) is 38.5 Å². The minimum absolute atomic E-state index is 0.102. The molecule has 1 aromatic heterocycles. The number of amides is 1. The lowest BCUT2D eigenvalue weighted by molar-refractivity contribution is -0.144. The van der Waals surface area contributed by atoms with E-state index >= 15 is 0 Å². The molecule has 1 saturated heterocycles. The van der Waals surface area contributed by atoms with E-state index in [2.05, 4.69) is 33.8 Å². The van der Waals surface area contributed by atoms with Crippen LogP contribution in [0.4, 0.5) is 14.5 Å². The van der Waals surface area contributed by atoms with Crippen molar-refractivity contribution in [2.24, 2.45) is 0 Å². The van der Waals surface area contributed by atoms with Gasteiger partial charge in [-0.3, -0.25) is 19.4 Å². The average Bonchev–Trinajstić information content (AvgIpc) is 2.80. The Kier molecular flexibility index (Phi) is 9.56. The van der Waals surface area contributed by atoms with Crippen LogP contribution < -0.4 is 10.1 Å². The maximum Gasteiger partial charge on any atom is 0.388 e. The van der Waals surface area contributed by atoms with E-state index in [9.17, 15) is 18.4 Å². The Balaban J connectivity index is 1.82. The molecule has 1 fully saturated rings. The number of halogens is 2. The van der Waals surface area contributed by atoms with Gasteiger partial charge in [-0.05, 0) is 50.1 Å². The minimum Gasteiger partial charge on any atom is -0.465 e. The van der Waals surface area contributed by atoms with E-state index < -0.39 is 12.0 Å². The van der Waals surface area contributed by atoms with Crippen LogP contribution in [0.2, 0.25) is 0 Å². The molecular formula is C27H36F2N4O4. The highest BCUT2D eigenvalue weighted by molar-refractivity contribution is 6.01. The molecular weight excluding hydrogens is 482 g/mol. The van der Waals surface area contributed by atoms with Crippen LogP contribution in [-0.2, 0) is 19.7 Å². The van der Waals surface area contributed by atoms with Crippen molar-refractivity contribution in [3.63, 3.8) is 0 Å². The molecule has 1 aromatic carbocycles. The predicted octanol–water partition coefficient (Wildman–Crippen LogP) is 3.80. The Morgan fingerprint density at radius 2 is 1.89 bits per heavy atom. The zero-order valence-corrected chi connectivity index (χ0v) is 22.1. The van der Waals surface area contributed by atoms with Crippen LogP contribution in [0, 0.1) is 6.92 Å². The van der Waals surface area contributed by atoms with Crippen molar-refractivity contribution >= 4 is 17.6 Å². The summed E-state index contributed by atoms with van der Waals surface area (Å²) in [5, 5.41) is 2.82. The third-order valence-corrected chi connectivity index (χ3v) is 6.47. The minimum atomic E-state index is -3.06. The SMILES string of the molecule is CCOC(=O)CN(C)CCN1CC(C(=O)Nc2ccc(C)nc2OC(F)F)(c2ccccc2C(C)C)C1. The van der Waals surface area contributed by atoms with Gasteiger partial charge in [0, 0.05) is 31.9 Å². The summed E-state index contributed by atoms with van der Waals surface area (Å²) in [7, 11) is 1.85. The second kappa shape index (κ2) is 12.4. The Bertz CT molecular complexity index is 1090. The van der Waals surface area contributed by atoms with E-state index in [0.717, 1.165) is 11.1 Å². The lowest BCUT2D eigenvalue weighted by atomic mass is 9.69. The van der Waals surface area contributed by atoms with Gasteiger partial charge in [-0.2, -0.15) is 8.78 Å². The van der Waals surface area contributed by atoms with Crippen molar-refractivity contribution in [1.29, 1.82) is 0 Å². The molecule has 1 aliphatic rings. The largest absolute Gasteiger partial charge is 0.465 e. The van der Waals surface area contributed by atoms with Gasteiger partial charge in [0.05, 0.1) is 18.6 Å². The van der Waals surface area contributed by atoms with Crippen LogP contribution >= 0.6 is 0 Å². The smallest absolute Gasteiger partial charge is 0.388 e. The van der Waals surface area contributed by atoms with Gasteiger partial charge >= 0.3 is 12.6 Å². The Hall–Kier alpha value is -3.11. The number of carbonyl (C=O) groups is 2. The van der Waals surface area contributed by atoms with Crippen LogP contribution in [0.1, 0.15) is 43.5 Å². The van der Waals surface area contributed by atoms with E-state index in [1.165, 1.54) is 6.07 Å². The lowest BCUT2D eigenvalue weighted by Crippen LogP contribution is -2.66. The number of rotatable bonds is 12. The van der Waals surface area contributed by atoms with Crippen molar-refractivity contribution in [2.75, 3.05) is 51.7 Å². The highest BCUT2D eigenvalue weighted by atomic mass is 19.3. The number of aromatic nitrogens is 1. The van der Waals surface area contributed by atoms with Gasteiger partial charge < -0.3 is 14.8 Å². The number of hydrogen-bond donors (Lipinski definition) is 1. The Labute approximate surface area is 216 Å². The monoisotopic (exact) mass is 518 g/mol. The molecule has 0 aliphatic carbocycles. The molecule has 0 radical (unpaired) electrons. The zero-order valence-electron chi connectivity index (χ0n) is 22.1. The van der Waals surface area contributed by atoms with Crippen LogP contribution in [0.3, 0.4) is 0 Å². The van der Waals surface area contributed by atoms with Crippen LogP contribution in [0.25, 0.3) is 0 Å². The molecule has 10 heteroatoms. The molecule has 202 valence electrons. The van der Waals surface area contributed by atoms with Gasteiger partial charge in [0.25, 0.3) is 0 Å². The Morgan fingerprint density at radius 3 is 2.54 bits per heavy atom. The number of likely N-dealkylation sites (tertiary alicyclic amines) is 1. The number of hydrogen-bond acceptors (Lipinski definition) is 7. The predicted molar refractivity (Wildman–Crippen MR) is 137 cm³/mol. The number of esters is 1. The van der Waals surface area contributed by atoms with Crippen LogP contribution in [-0.4, -0.2) is 79.7 Å². The first-order valence-electron chi connectivity index (χ1n) is 12.5. The van der Waals surface area contributed by atoms with Gasteiger partial charge in [0.2, 0.25) is 11.8 Å². The molecule has 0 unspecified atom stereocenters. The molecule has 1 N–H and O–H groups in total. The third-order valence-electron chi connectivity index (χ3n) is 6.47. The van der Waals surface area contributed by atoms with E-state index in [-0.39, 0.29) is 35.9 Å². The number of benzene rings is 1. The van der Waals surface area contributed by atoms with E-state index in [1.54, 1.807) is 19.9 Å². The number of aryl methyl sites for hydroxylation is 1. The summed E-state index contributed by atoms with van der Waals surface area (Å²) in [4.78, 5) is 33.7. The van der Waals surface area contributed by atoms with Gasteiger partial charge in [-0.1, -0.05) is 38.1 Å². The number of anilines is 1. The maximum absolute atomic E-state index is 13.8. The topological polar surface area (TPSA) is 84.0 Å². The van der Waals surface area contributed by atoms with E-state index in [4.69, 9.17) is 4.74 Å². The number of likely N-dealkylation sites (N-methyl/N-ethyl adjacent to an activating group) is 1. The number of nitrogens with one attached hydrogen (secondary N) is 1. The quantitative estimate of drug-likeness (QED) is 0.428. The molecule has 1 amide bonds. The molecule has 2 heterocycles. The first-order valence-corrected chi connectivity index (χ1v) is 12.5. The fourth-order valence-corrected chi connectivity index (χ4v) is 4.61. The molecule has 1 aliphatic heterocycles. The van der Waals surface area contributed by atoms with Crippen molar-refractivity contribution < 1.29 is 27.8 Å². The van der Waals surface area contributed by atoms with Gasteiger partial charge in [0.15, 0.2) is 0 Å². The first-order chi connectivity index (χ1) is 17.6. The van der Waals surface area contributed by atoms with Crippen molar-refractivity contribution in [2.45, 2.75) is 45.6 Å². The molecule has 0 spiro atoms. The summed E-state index contributed by atoms with van der Waals surface area (Å²) in [5.74, 6) is -0.708. The zero-order chi connectivity index (χ0) is 27.2. The standard InChI is InChI=1S/C27H36F2N4O4/c1-6-36-23(34)15-32(5)13-14-33-16-27(17-33,21-10-8-7-9-20(21)18(2)3)25(35)31-22-12-11-19(4)30-24(22)37-26(28)29/h7-12,18,26H,6,13-17H2,1-5H3,(H,31,35). The van der Waals surface area contributed by atoms with Crippen LogP contribution in [0.5, 0.6) is 5.88 Å². The number of pyridine rings is 1. The van der Waals surface area contributed by atoms with E-state index in [1.807, 2.05) is 36.2 Å². The second-order valence-electron chi connectivity index (χ2n) is 9.72. The molecule has 2 aromatic rings. The fraction of sp³-hybridized carbons (Fsp3) is 0.519. The Morgan fingerprint density at radius 1 is 1.19 bits per heavy atom. The molecule has 0 bridgehead atoms. The highest BCUT2D eigenvalue weighted by Gasteiger charge is 2.51. The molecule has 0 saturated carbocycles. The summed E-state index contributed by atoms with van der Waals surface area (Å²) in [6, 6.07) is 11.0. The van der Waals surface area contributed by atoms with Crippen molar-refractivity contribution in [3.8, 4) is 5.88 Å². The molecule has 8 nitrogen and oxygen atoms in total. The van der Waals surface area contributed by atoms with Crippen molar-refractivity contribution in [1.82, 2.24) is 14.8 Å². The lowest BCUT2D eigenvalue weighted by Gasteiger charge is -2.50. The molecule has 3 rings (SSSR count). The average molecular weight is 519 g/mol. The number of nitrogens with zero attached hydrogens (tertiary/aromatic N) is 3. The summed E-state index contributed by atoms with van der Waals surface area (Å²) in [6.07, 6.45) is 0. The third kappa shape index (κ3) is 7.01. The second-order valence-corrected chi connectivity index (χ2v) is 9.72. The molecule has 37 heavy (non-hydrogen) atoms. The summed E-state index contributed by atoms with van der Waals surface area (Å²) in [6.45, 7) is 7.21.